The predicted molar refractivity (Wildman–Crippen MR) is 112 cm³/mol. The first kappa shape index (κ1) is 21.7. The Labute approximate surface area is 177 Å². The number of para-hydroxylation sites is 1. The van der Waals surface area contributed by atoms with Crippen molar-refractivity contribution in [2.75, 3.05) is 20.0 Å². The number of benzene rings is 2. The Morgan fingerprint density at radius 1 is 1.17 bits per heavy atom. The van der Waals surface area contributed by atoms with Crippen LogP contribution >= 0.6 is 11.3 Å². The maximum absolute atomic E-state index is 12.8. The number of esters is 1. The molecule has 0 fully saturated rings. The van der Waals surface area contributed by atoms with Crippen molar-refractivity contribution in [1.82, 2.24) is 4.57 Å². The zero-order chi connectivity index (χ0) is 21.9. The first-order valence-electron chi connectivity index (χ1n) is 8.95. The third-order valence-corrected chi connectivity index (χ3v) is 6.36. The van der Waals surface area contributed by atoms with Gasteiger partial charge in [0.1, 0.15) is 12.3 Å². The summed E-state index contributed by atoms with van der Waals surface area (Å²) in [6.45, 7) is 1.75. The van der Waals surface area contributed by atoms with E-state index < -0.39 is 21.7 Å². The lowest BCUT2D eigenvalue weighted by Gasteiger charge is -2.06. The number of hydrogen-bond acceptors (Lipinski definition) is 7. The van der Waals surface area contributed by atoms with Gasteiger partial charge < -0.3 is 14.0 Å². The van der Waals surface area contributed by atoms with Crippen LogP contribution in [0.2, 0.25) is 0 Å². The minimum absolute atomic E-state index is 0.141. The number of carbonyl (C=O) groups is 2. The molecule has 0 aliphatic rings. The van der Waals surface area contributed by atoms with E-state index in [1.54, 1.807) is 37.3 Å². The van der Waals surface area contributed by atoms with Crippen molar-refractivity contribution in [2.24, 2.45) is 4.99 Å². The Balaban J connectivity index is 2.19. The third-order valence-electron chi connectivity index (χ3n) is 4.21. The number of aromatic nitrogens is 1. The summed E-state index contributed by atoms with van der Waals surface area (Å²) in [6.07, 6.45) is 1.12. The van der Waals surface area contributed by atoms with Gasteiger partial charge in [0.25, 0.3) is 5.91 Å². The molecule has 0 aliphatic heterocycles. The maximum atomic E-state index is 12.8. The van der Waals surface area contributed by atoms with Crippen molar-refractivity contribution in [2.45, 2.75) is 18.4 Å². The Hall–Kier alpha value is -2.98. The van der Waals surface area contributed by atoms with Gasteiger partial charge in [0.2, 0.25) is 0 Å². The second-order valence-electron chi connectivity index (χ2n) is 6.29. The number of fused-ring (bicyclic) bond motifs is 1. The van der Waals surface area contributed by atoms with E-state index >= 15 is 0 Å². The van der Waals surface area contributed by atoms with Crippen molar-refractivity contribution < 1.29 is 27.5 Å². The minimum atomic E-state index is -3.41. The summed E-state index contributed by atoms with van der Waals surface area (Å²) in [4.78, 5) is 29.5. The van der Waals surface area contributed by atoms with Crippen molar-refractivity contribution in [1.29, 1.82) is 0 Å². The van der Waals surface area contributed by atoms with Gasteiger partial charge in [-0.2, -0.15) is 4.99 Å². The quantitative estimate of drug-likeness (QED) is 0.537. The Morgan fingerprint density at radius 3 is 2.57 bits per heavy atom. The molecular weight excluding hydrogens is 428 g/mol. The highest BCUT2D eigenvalue weighted by molar-refractivity contribution is 7.90. The lowest BCUT2D eigenvalue weighted by atomic mass is 10.2. The molecule has 3 rings (SSSR count). The highest BCUT2D eigenvalue weighted by atomic mass is 32.2. The maximum Gasteiger partial charge on any atom is 0.326 e. The molecule has 0 saturated carbocycles. The van der Waals surface area contributed by atoms with Gasteiger partial charge in [-0.25, -0.2) is 8.42 Å². The molecule has 1 heterocycles. The van der Waals surface area contributed by atoms with Crippen LogP contribution in [-0.2, 0) is 25.9 Å². The molecule has 0 unspecified atom stereocenters. The van der Waals surface area contributed by atoms with Gasteiger partial charge in [0, 0.05) is 6.26 Å². The second kappa shape index (κ2) is 8.80. The molecule has 0 spiro atoms. The van der Waals surface area contributed by atoms with Crippen LogP contribution in [0.5, 0.6) is 5.75 Å². The van der Waals surface area contributed by atoms with Crippen LogP contribution < -0.4 is 9.54 Å². The van der Waals surface area contributed by atoms with Gasteiger partial charge in [-0.05, 0) is 37.3 Å². The summed E-state index contributed by atoms with van der Waals surface area (Å²) in [5.41, 5.74) is 0.851. The van der Waals surface area contributed by atoms with Crippen molar-refractivity contribution >= 4 is 43.3 Å². The lowest BCUT2D eigenvalue weighted by Crippen LogP contribution is -2.23. The monoisotopic (exact) mass is 448 g/mol. The molecule has 30 heavy (non-hydrogen) atoms. The summed E-state index contributed by atoms with van der Waals surface area (Å²) in [7, 11) is -1.96. The molecule has 158 valence electrons. The van der Waals surface area contributed by atoms with E-state index in [0.717, 1.165) is 17.6 Å². The van der Waals surface area contributed by atoms with E-state index in [0.29, 0.717) is 16.0 Å². The van der Waals surface area contributed by atoms with E-state index in [2.05, 4.69) is 4.99 Å². The summed E-state index contributed by atoms with van der Waals surface area (Å²) in [5.74, 6) is -0.654. The molecule has 1 amide bonds. The van der Waals surface area contributed by atoms with Gasteiger partial charge in [-0.1, -0.05) is 23.5 Å². The van der Waals surface area contributed by atoms with Gasteiger partial charge in [-0.3, -0.25) is 9.59 Å². The smallest absolute Gasteiger partial charge is 0.326 e. The molecule has 0 atom stereocenters. The molecule has 0 radical (unpaired) electrons. The standard InChI is InChI=1S/C20H20N2O6S2/c1-4-28-18(23)12-22-15-10-9-13(30(3,25)26)11-17(15)29-20(22)21-19(24)14-7-5-6-8-16(14)27-2/h5-11H,4,12H2,1-3H3. The summed E-state index contributed by atoms with van der Waals surface area (Å²) in [6, 6.07) is 11.2. The van der Waals surface area contributed by atoms with Crippen LogP contribution in [0.4, 0.5) is 0 Å². The van der Waals surface area contributed by atoms with E-state index in [1.807, 2.05) is 0 Å². The Kier molecular flexibility index (Phi) is 6.37. The van der Waals surface area contributed by atoms with Crippen molar-refractivity contribution in [3.05, 3.63) is 52.8 Å². The molecule has 0 saturated heterocycles. The molecule has 8 nitrogen and oxygen atoms in total. The number of carbonyl (C=O) groups excluding carboxylic acids is 2. The molecule has 3 aromatic rings. The summed E-state index contributed by atoms with van der Waals surface area (Å²) < 4.78 is 36.2. The number of hydrogen-bond donors (Lipinski definition) is 0. The van der Waals surface area contributed by atoms with Crippen molar-refractivity contribution in [3.8, 4) is 5.75 Å². The predicted octanol–water partition coefficient (Wildman–Crippen LogP) is 2.42. The van der Waals surface area contributed by atoms with Crippen LogP contribution in [0.3, 0.4) is 0 Å². The van der Waals surface area contributed by atoms with Crippen LogP contribution in [0.1, 0.15) is 17.3 Å². The highest BCUT2D eigenvalue weighted by Gasteiger charge is 2.16. The number of rotatable bonds is 6. The number of nitrogens with zero attached hydrogens (tertiary/aromatic N) is 2. The fourth-order valence-corrected chi connectivity index (χ4v) is 4.62. The van der Waals surface area contributed by atoms with Crippen LogP contribution in [0.15, 0.2) is 52.4 Å². The fraction of sp³-hybridized carbons (Fsp3) is 0.250. The second-order valence-corrected chi connectivity index (χ2v) is 9.32. The highest BCUT2D eigenvalue weighted by Crippen LogP contribution is 2.23. The van der Waals surface area contributed by atoms with E-state index in [4.69, 9.17) is 9.47 Å². The van der Waals surface area contributed by atoms with Gasteiger partial charge in [0.05, 0.1) is 34.4 Å². The summed E-state index contributed by atoms with van der Waals surface area (Å²) >= 11 is 1.11. The third kappa shape index (κ3) is 4.60. The first-order valence-corrected chi connectivity index (χ1v) is 11.7. The minimum Gasteiger partial charge on any atom is -0.496 e. The number of thiazole rings is 1. The fourth-order valence-electron chi connectivity index (χ4n) is 2.83. The molecule has 0 bridgehead atoms. The zero-order valence-corrected chi connectivity index (χ0v) is 18.2. The Bertz CT molecular complexity index is 1290. The molecule has 10 heteroatoms. The topological polar surface area (TPSA) is 104 Å². The molecule has 2 aromatic carbocycles. The molecule has 1 aromatic heterocycles. The zero-order valence-electron chi connectivity index (χ0n) is 16.6. The normalized spacial score (nSPS) is 12.2. The number of methoxy groups -OCH3 is 1. The molecule has 0 aliphatic carbocycles. The average Bonchev–Trinajstić information content (AvgIpc) is 3.03. The largest absolute Gasteiger partial charge is 0.496 e. The van der Waals surface area contributed by atoms with Gasteiger partial charge >= 0.3 is 5.97 Å². The lowest BCUT2D eigenvalue weighted by molar-refractivity contribution is -0.143. The first-order chi connectivity index (χ1) is 14.2. The molecular formula is C20H20N2O6S2. The molecule has 0 N–H and O–H groups in total. The average molecular weight is 449 g/mol. The van der Waals surface area contributed by atoms with E-state index in [-0.39, 0.29) is 28.4 Å². The SMILES string of the molecule is CCOC(=O)Cn1c(=NC(=O)c2ccccc2OC)sc2cc(S(C)(=O)=O)ccc21. The van der Waals surface area contributed by atoms with Crippen LogP contribution in [-0.4, -0.2) is 44.8 Å². The number of sulfone groups is 1. The van der Waals surface area contributed by atoms with Crippen molar-refractivity contribution in [3.63, 3.8) is 0 Å². The van der Waals surface area contributed by atoms with E-state index in [1.165, 1.54) is 23.8 Å². The Morgan fingerprint density at radius 2 is 1.90 bits per heavy atom. The van der Waals surface area contributed by atoms with E-state index in [9.17, 15) is 18.0 Å². The van der Waals surface area contributed by atoms with Crippen LogP contribution in [0.25, 0.3) is 10.2 Å². The number of amides is 1. The van der Waals surface area contributed by atoms with Crippen LogP contribution in [0, 0.1) is 0 Å². The summed E-state index contributed by atoms with van der Waals surface area (Å²) in [5, 5.41) is 0. The van der Waals surface area contributed by atoms with Gasteiger partial charge in [-0.15, -0.1) is 0 Å². The van der Waals surface area contributed by atoms with Gasteiger partial charge in [0.15, 0.2) is 14.6 Å². The number of ether oxygens (including phenoxy) is 2.